The Morgan fingerprint density at radius 2 is 1.39 bits per heavy atom. The number of ether oxygens (including phenoxy) is 5. The summed E-state index contributed by atoms with van der Waals surface area (Å²) < 4.78 is 47.2. The van der Waals surface area contributed by atoms with Crippen molar-refractivity contribution in [3.63, 3.8) is 0 Å². The van der Waals surface area contributed by atoms with Gasteiger partial charge in [0.25, 0.3) is 13.9 Å². The summed E-state index contributed by atoms with van der Waals surface area (Å²) in [5.74, 6) is -3.46. The molecule has 160 valence electrons. The molecule has 2 N–H and O–H groups in total. The van der Waals surface area contributed by atoms with E-state index in [-0.39, 0.29) is 0 Å². The molecule has 5 atom stereocenters. The number of primary sulfonamides is 1. The van der Waals surface area contributed by atoms with Crippen molar-refractivity contribution in [1.82, 2.24) is 0 Å². The third-order valence-corrected chi connectivity index (χ3v) is 6.47. The van der Waals surface area contributed by atoms with Gasteiger partial charge in [-0.25, -0.2) is 13.6 Å². The third kappa shape index (κ3) is 5.86. The van der Waals surface area contributed by atoms with Crippen LogP contribution in [0.1, 0.15) is 27.7 Å². The average Bonchev–Trinajstić information content (AvgIpc) is 2.49. The molecule has 1 fully saturated rings. The van der Waals surface area contributed by atoms with E-state index >= 15 is 0 Å². The maximum atomic E-state index is 12.2. The molecule has 0 aromatic rings. The van der Waals surface area contributed by atoms with Crippen molar-refractivity contribution < 1.29 is 51.3 Å². The fraction of sp³-hybridized carbons (Fsp3) is 0.714. The second-order valence-electron chi connectivity index (χ2n) is 5.76. The summed E-state index contributed by atoms with van der Waals surface area (Å²) >= 11 is 2.80. The van der Waals surface area contributed by atoms with Crippen LogP contribution in [0.2, 0.25) is 0 Å². The molecule has 0 saturated carbocycles. The smallest absolute Gasteiger partial charge is 0.303 e. The second-order valence-corrected chi connectivity index (χ2v) is 9.16. The summed E-state index contributed by atoms with van der Waals surface area (Å²) in [6.07, 6.45) is -6.45. The quantitative estimate of drug-likeness (QED) is 0.277. The first-order valence-corrected chi connectivity index (χ1v) is 10.1. The molecule has 12 nitrogen and oxygen atoms in total. The zero-order chi connectivity index (χ0) is 21.9. The largest absolute Gasteiger partial charge is 0.463 e. The lowest BCUT2D eigenvalue weighted by Gasteiger charge is -2.47. The Morgan fingerprint density at radius 1 is 0.929 bits per heavy atom. The van der Waals surface area contributed by atoms with Crippen molar-refractivity contribution in [2.24, 2.45) is 5.14 Å². The summed E-state index contributed by atoms with van der Waals surface area (Å²) in [5.41, 5.74) is 0. The van der Waals surface area contributed by atoms with Gasteiger partial charge in [0.05, 0.1) is 0 Å². The van der Waals surface area contributed by atoms with Crippen molar-refractivity contribution in [3.8, 4) is 0 Å². The standard InChI is InChI=1S/C14H20BrNO11S/c1-6(17)23-5-10-11(24-7(2)18)12(25-8(3)19)13(26-9(4)20)14(15,27-10)28(16,21)22/h10-13H,5H2,1-4H3,(H2,16,21,22)/t10-,11-,12+,13-,14-/m1/s1. The van der Waals surface area contributed by atoms with Gasteiger partial charge in [0.1, 0.15) is 12.7 Å². The number of carbonyl (C=O) groups is 4. The van der Waals surface area contributed by atoms with E-state index in [1.54, 1.807) is 0 Å². The molecule has 1 heterocycles. The predicted octanol–water partition coefficient (Wildman–Crippen LogP) is -0.919. The van der Waals surface area contributed by atoms with Crippen LogP contribution in [0.3, 0.4) is 0 Å². The van der Waals surface area contributed by atoms with Crippen LogP contribution < -0.4 is 5.14 Å². The van der Waals surface area contributed by atoms with Crippen molar-refractivity contribution in [1.29, 1.82) is 0 Å². The van der Waals surface area contributed by atoms with Crippen LogP contribution >= 0.6 is 15.9 Å². The molecule has 0 aromatic carbocycles. The lowest BCUT2D eigenvalue weighted by atomic mass is 9.99. The molecule has 28 heavy (non-hydrogen) atoms. The Kier molecular flexibility index (Phi) is 7.93. The van der Waals surface area contributed by atoms with Crippen molar-refractivity contribution in [3.05, 3.63) is 0 Å². The van der Waals surface area contributed by atoms with Crippen LogP contribution in [0.5, 0.6) is 0 Å². The van der Waals surface area contributed by atoms with E-state index in [9.17, 15) is 27.6 Å². The maximum Gasteiger partial charge on any atom is 0.303 e. The fourth-order valence-corrected chi connectivity index (χ4v) is 3.81. The molecular weight excluding hydrogens is 470 g/mol. The summed E-state index contributed by atoms with van der Waals surface area (Å²) in [5, 5.41) is 5.22. The Morgan fingerprint density at radius 3 is 1.79 bits per heavy atom. The molecule has 1 rings (SSSR count). The van der Waals surface area contributed by atoms with E-state index in [0.717, 1.165) is 27.7 Å². The number of hydrogen-bond donors (Lipinski definition) is 1. The van der Waals surface area contributed by atoms with E-state index in [1.807, 2.05) is 0 Å². The van der Waals surface area contributed by atoms with Gasteiger partial charge in [-0.1, -0.05) is 0 Å². The van der Waals surface area contributed by atoms with E-state index < -0.39 is 68.8 Å². The lowest BCUT2D eigenvalue weighted by Crippen LogP contribution is -2.69. The van der Waals surface area contributed by atoms with Gasteiger partial charge in [-0.05, 0) is 15.9 Å². The van der Waals surface area contributed by atoms with Gasteiger partial charge >= 0.3 is 23.9 Å². The van der Waals surface area contributed by atoms with E-state index in [1.165, 1.54) is 0 Å². The summed E-state index contributed by atoms with van der Waals surface area (Å²) in [6.45, 7) is 3.49. The maximum absolute atomic E-state index is 12.2. The minimum atomic E-state index is -4.67. The molecule has 1 aliphatic heterocycles. The molecule has 0 aromatic heterocycles. The molecule has 0 bridgehead atoms. The number of nitrogens with two attached hydrogens (primary N) is 1. The number of alkyl halides is 1. The first kappa shape index (κ1) is 24.3. The first-order valence-electron chi connectivity index (χ1n) is 7.73. The zero-order valence-corrected chi connectivity index (χ0v) is 17.8. The lowest BCUT2D eigenvalue weighted by molar-refractivity contribution is -0.244. The van der Waals surface area contributed by atoms with Crippen LogP contribution in [0, 0.1) is 0 Å². The molecule has 0 spiro atoms. The van der Waals surface area contributed by atoms with Crippen LogP contribution in [0.4, 0.5) is 0 Å². The average molecular weight is 490 g/mol. The minimum absolute atomic E-state index is 0.583. The minimum Gasteiger partial charge on any atom is -0.463 e. The zero-order valence-electron chi connectivity index (χ0n) is 15.4. The number of rotatable bonds is 6. The van der Waals surface area contributed by atoms with Gasteiger partial charge < -0.3 is 23.7 Å². The van der Waals surface area contributed by atoms with Crippen LogP contribution in [0.25, 0.3) is 0 Å². The number of esters is 4. The predicted molar refractivity (Wildman–Crippen MR) is 92.9 cm³/mol. The Labute approximate surface area is 169 Å². The number of carbonyl (C=O) groups excluding carboxylic acids is 4. The number of sulfonamides is 1. The summed E-state index contributed by atoms with van der Waals surface area (Å²) in [7, 11) is -4.67. The van der Waals surface area contributed by atoms with Gasteiger partial charge in [-0.15, -0.1) is 0 Å². The topological polar surface area (TPSA) is 175 Å². The first-order chi connectivity index (χ1) is 12.7. The van der Waals surface area contributed by atoms with Crippen LogP contribution in [-0.2, 0) is 52.9 Å². The molecule has 0 amide bonds. The molecule has 14 heteroatoms. The van der Waals surface area contributed by atoms with E-state index in [0.29, 0.717) is 0 Å². The highest BCUT2D eigenvalue weighted by Gasteiger charge is 2.64. The van der Waals surface area contributed by atoms with Gasteiger partial charge in [-0.2, -0.15) is 0 Å². The highest BCUT2D eigenvalue weighted by molar-refractivity contribution is 9.11. The Hall–Kier alpha value is -1.77. The molecule has 0 radical (unpaired) electrons. The molecule has 0 unspecified atom stereocenters. The normalized spacial score (nSPS) is 30.1. The Balaban J connectivity index is 3.55. The monoisotopic (exact) mass is 489 g/mol. The van der Waals surface area contributed by atoms with Crippen LogP contribution in [-0.4, -0.2) is 67.2 Å². The molecule has 0 aliphatic carbocycles. The van der Waals surface area contributed by atoms with E-state index in [4.69, 9.17) is 28.8 Å². The van der Waals surface area contributed by atoms with Gasteiger partial charge in [-0.3, -0.25) is 19.2 Å². The van der Waals surface area contributed by atoms with Gasteiger partial charge in [0.2, 0.25) is 0 Å². The van der Waals surface area contributed by atoms with Gasteiger partial charge in [0, 0.05) is 27.7 Å². The Bertz CT molecular complexity index is 754. The highest BCUT2D eigenvalue weighted by atomic mass is 79.9. The molecular formula is C14H20BrNO11S. The van der Waals surface area contributed by atoms with Crippen LogP contribution in [0.15, 0.2) is 0 Å². The highest BCUT2D eigenvalue weighted by Crippen LogP contribution is 2.42. The summed E-state index contributed by atoms with van der Waals surface area (Å²) in [4.78, 5) is 45.8. The number of halogens is 1. The van der Waals surface area contributed by atoms with Crippen molar-refractivity contribution in [2.75, 3.05) is 6.61 Å². The van der Waals surface area contributed by atoms with Crippen molar-refractivity contribution in [2.45, 2.75) is 56.0 Å². The molecule has 1 aliphatic rings. The summed E-state index contributed by atoms with van der Waals surface area (Å²) in [6, 6.07) is 0. The fourth-order valence-electron chi connectivity index (χ4n) is 2.45. The van der Waals surface area contributed by atoms with E-state index in [2.05, 4.69) is 15.9 Å². The SMILES string of the molecule is CC(=O)OC[C@H]1O[C@@](Br)(S(N)(=O)=O)[C@H](OC(C)=O)[C@@H](OC(C)=O)[C@@H]1OC(C)=O. The van der Waals surface area contributed by atoms with Crippen molar-refractivity contribution >= 4 is 49.8 Å². The molecule has 1 saturated heterocycles. The third-order valence-electron chi connectivity index (χ3n) is 3.38. The van der Waals surface area contributed by atoms with Gasteiger partial charge in [0.15, 0.2) is 18.3 Å². The second kappa shape index (κ2) is 9.15. The number of hydrogen-bond acceptors (Lipinski definition) is 11.